The van der Waals surface area contributed by atoms with Crippen molar-refractivity contribution in [2.45, 2.75) is 33.6 Å². The van der Waals surface area contributed by atoms with Crippen LogP contribution in [0, 0.1) is 6.92 Å². The number of hydrogen-bond donors (Lipinski definition) is 4. The molecule has 4 heteroatoms. The van der Waals surface area contributed by atoms with Crippen molar-refractivity contribution in [3.05, 3.63) is 198 Å². The van der Waals surface area contributed by atoms with Crippen LogP contribution in [-0.2, 0) is 0 Å². The van der Waals surface area contributed by atoms with Crippen LogP contribution < -0.4 is 22.9 Å². The Balaban J connectivity index is 0.000000577. The summed E-state index contributed by atoms with van der Waals surface area (Å²) in [6.45, 7) is 14.5. The fourth-order valence-corrected chi connectivity index (χ4v) is 4.47. The Morgan fingerprint density at radius 1 is 0.702 bits per heavy atom. The van der Waals surface area contributed by atoms with Gasteiger partial charge in [-0.15, -0.1) is 0 Å². The number of hydrogen-bond acceptors (Lipinski definition) is 4. The molecule has 47 heavy (non-hydrogen) atoms. The van der Waals surface area contributed by atoms with Crippen molar-refractivity contribution in [2.24, 2.45) is 17.2 Å². The average molecular weight is 623 g/mol. The molecule has 0 aliphatic carbocycles. The summed E-state index contributed by atoms with van der Waals surface area (Å²) in [4.78, 5) is 0. The highest BCUT2D eigenvalue weighted by Crippen LogP contribution is 2.23. The predicted octanol–water partition coefficient (Wildman–Crippen LogP) is 10.1. The molecule has 242 valence electrons. The minimum absolute atomic E-state index is 0.783. The van der Waals surface area contributed by atoms with Gasteiger partial charge in [0.25, 0.3) is 0 Å². The lowest BCUT2D eigenvalue weighted by atomic mass is 9.98. The van der Waals surface area contributed by atoms with Crippen LogP contribution in [0.4, 0.5) is 5.69 Å². The molecular weight excluding hydrogens is 573 g/mol. The zero-order valence-corrected chi connectivity index (χ0v) is 28.1. The Bertz CT molecular complexity index is 1760. The Morgan fingerprint density at radius 3 is 2.06 bits per heavy atom. The first kappa shape index (κ1) is 37.4. The van der Waals surface area contributed by atoms with Crippen LogP contribution in [0.2, 0.25) is 0 Å². The highest BCUT2D eigenvalue weighted by atomic mass is 14.5. The van der Waals surface area contributed by atoms with Crippen LogP contribution in [0.3, 0.4) is 0 Å². The molecule has 0 bridgehead atoms. The monoisotopic (exact) mass is 622 g/mol. The topological polar surface area (TPSA) is 104 Å². The Kier molecular flexibility index (Phi) is 16.8. The van der Waals surface area contributed by atoms with Crippen molar-refractivity contribution in [2.75, 3.05) is 5.73 Å². The van der Waals surface area contributed by atoms with Crippen molar-refractivity contribution in [1.29, 1.82) is 0 Å². The third-order valence-electron chi connectivity index (χ3n) is 7.41. The summed E-state index contributed by atoms with van der Waals surface area (Å²) in [5, 5.41) is 2.34. The molecule has 8 N–H and O–H groups in total. The van der Waals surface area contributed by atoms with E-state index in [0.717, 1.165) is 57.3 Å². The van der Waals surface area contributed by atoms with E-state index in [1.54, 1.807) is 12.4 Å². The third-order valence-corrected chi connectivity index (χ3v) is 7.41. The minimum Gasteiger partial charge on any atom is -0.405 e. The third kappa shape index (κ3) is 13.0. The first-order valence-corrected chi connectivity index (χ1v) is 15.7. The van der Waals surface area contributed by atoms with E-state index in [0.29, 0.717) is 0 Å². The van der Waals surface area contributed by atoms with E-state index in [-0.39, 0.29) is 0 Å². The van der Waals surface area contributed by atoms with E-state index in [2.05, 4.69) is 80.8 Å². The van der Waals surface area contributed by atoms with Gasteiger partial charge >= 0.3 is 0 Å². The molecule has 0 saturated carbocycles. The molecule has 0 atom stereocenters. The Hall–Kier alpha value is -5.74. The summed E-state index contributed by atoms with van der Waals surface area (Å²) in [5.41, 5.74) is 31.7. The van der Waals surface area contributed by atoms with Crippen molar-refractivity contribution < 1.29 is 0 Å². The van der Waals surface area contributed by atoms with Gasteiger partial charge in [0.05, 0.1) is 0 Å². The van der Waals surface area contributed by atoms with Crippen LogP contribution in [0.15, 0.2) is 182 Å². The van der Waals surface area contributed by atoms with Crippen LogP contribution in [0.1, 0.15) is 43.4 Å². The average Bonchev–Trinajstić information content (AvgIpc) is 3.09. The summed E-state index contributed by atoms with van der Waals surface area (Å²) in [6, 6.07) is 20.4. The second-order valence-corrected chi connectivity index (χ2v) is 10.7. The molecule has 0 unspecified atom stereocenters. The Labute approximate surface area is 282 Å². The first-order valence-electron chi connectivity index (χ1n) is 15.7. The second-order valence-electron chi connectivity index (χ2n) is 10.7. The number of rotatable bonds is 13. The maximum Gasteiger partial charge on any atom is 0.0393 e. The lowest BCUT2D eigenvalue weighted by molar-refractivity contribution is 1.26. The molecule has 4 nitrogen and oxygen atoms in total. The van der Waals surface area contributed by atoms with Gasteiger partial charge < -0.3 is 22.9 Å². The lowest BCUT2D eigenvalue weighted by Gasteiger charge is -2.08. The molecule has 0 fully saturated rings. The Morgan fingerprint density at radius 2 is 1.38 bits per heavy atom. The van der Waals surface area contributed by atoms with E-state index < -0.39 is 0 Å². The summed E-state index contributed by atoms with van der Waals surface area (Å²) in [7, 11) is 0. The molecule has 0 aromatic heterocycles. The zero-order chi connectivity index (χ0) is 34.4. The highest BCUT2D eigenvalue weighted by molar-refractivity contribution is 5.92. The van der Waals surface area contributed by atoms with Gasteiger partial charge in [0, 0.05) is 17.3 Å². The predicted molar refractivity (Wildman–Crippen MR) is 210 cm³/mol. The van der Waals surface area contributed by atoms with Gasteiger partial charge in [0.1, 0.15) is 0 Å². The smallest absolute Gasteiger partial charge is 0.0393 e. The largest absolute Gasteiger partial charge is 0.405 e. The number of anilines is 1. The van der Waals surface area contributed by atoms with Gasteiger partial charge in [-0.2, -0.15) is 0 Å². The van der Waals surface area contributed by atoms with Gasteiger partial charge in [-0.1, -0.05) is 122 Å². The zero-order valence-electron chi connectivity index (χ0n) is 28.1. The van der Waals surface area contributed by atoms with Crippen molar-refractivity contribution >= 4 is 28.1 Å². The summed E-state index contributed by atoms with van der Waals surface area (Å²) in [6.07, 6.45) is 30.4. The first-order chi connectivity index (χ1) is 22.8. The van der Waals surface area contributed by atoms with Gasteiger partial charge in [0.15, 0.2) is 0 Å². The molecule has 3 aromatic rings. The number of nitrogens with two attached hydrogens (primary N) is 4. The van der Waals surface area contributed by atoms with E-state index in [4.69, 9.17) is 22.9 Å². The maximum absolute atomic E-state index is 5.95. The fourth-order valence-electron chi connectivity index (χ4n) is 4.47. The van der Waals surface area contributed by atoms with E-state index >= 15 is 0 Å². The van der Waals surface area contributed by atoms with Gasteiger partial charge in [-0.3, -0.25) is 0 Å². The standard InChI is InChI=1S/C33H41N3.C10H9N/c1-6-29(12-9-8-10-22-34)18-15-26(3)27(4)16-19-31-24-32(20-17-28(31)5)33(25-36)14-11-13-30(7-2)21-23-35;11-10-7-3-5-8-4-1-2-6-9(8)10/h6-11,14-25H,3-4,12-13,34-36H2,1-2,5H3;1-7H,11H2/b9-8-,14-11-,18-15-,19-16-,22-10-,23-21-,29-6-,30-7-,33-25+;. The summed E-state index contributed by atoms with van der Waals surface area (Å²) < 4.78 is 0. The number of allylic oxidation sites excluding steroid dienone is 16. The molecule has 0 amide bonds. The van der Waals surface area contributed by atoms with Gasteiger partial charge in [-0.05, 0) is 120 Å². The van der Waals surface area contributed by atoms with Crippen LogP contribution in [-0.4, -0.2) is 0 Å². The second kappa shape index (κ2) is 21.1. The number of fused-ring (bicyclic) bond motifs is 1. The van der Waals surface area contributed by atoms with Gasteiger partial charge in [0.2, 0.25) is 0 Å². The number of aryl methyl sites for hydroxylation is 1. The molecule has 3 aromatic carbocycles. The minimum atomic E-state index is 0.783. The van der Waals surface area contributed by atoms with Crippen LogP contribution in [0.5, 0.6) is 0 Å². The van der Waals surface area contributed by atoms with Crippen LogP contribution in [0.25, 0.3) is 22.4 Å². The molecule has 0 heterocycles. The van der Waals surface area contributed by atoms with Crippen molar-refractivity contribution in [1.82, 2.24) is 0 Å². The van der Waals surface area contributed by atoms with E-state index in [1.165, 1.54) is 22.7 Å². The molecular formula is C43H50N4. The van der Waals surface area contributed by atoms with Crippen LogP contribution >= 0.6 is 0 Å². The molecule has 3 rings (SSSR count). The maximum atomic E-state index is 5.95. The quantitative estimate of drug-likeness (QED) is 0.112. The molecule has 0 spiro atoms. The number of nitrogen functional groups attached to an aromatic ring is 1. The SMILES string of the molecule is C=C(/C=C\C(=C/C)C/C=C\C=C/N)C(=C)/C=C\c1cc(C(/C=C\CC(/C=C\N)=C/C)=C/N)ccc1C.Nc1cccc2ccccc12. The molecule has 0 aliphatic heterocycles. The van der Waals surface area contributed by atoms with E-state index in [9.17, 15) is 0 Å². The highest BCUT2D eigenvalue weighted by Gasteiger charge is 2.02. The fraction of sp³-hybridized carbons (Fsp3) is 0.116. The van der Waals surface area contributed by atoms with Crippen molar-refractivity contribution in [3.8, 4) is 0 Å². The summed E-state index contributed by atoms with van der Waals surface area (Å²) in [5.74, 6) is 0. The molecule has 0 aliphatic rings. The normalized spacial score (nSPS) is 13.1. The van der Waals surface area contributed by atoms with Gasteiger partial charge in [-0.25, -0.2) is 0 Å². The van der Waals surface area contributed by atoms with Crippen molar-refractivity contribution in [3.63, 3.8) is 0 Å². The summed E-state index contributed by atoms with van der Waals surface area (Å²) >= 11 is 0. The van der Waals surface area contributed by atoms with E-state index in [1.807, 2.05) is 86.7 Å². The molecule has 0 radical (unpaired) electrons. The number of benzene rings is 3. The molecule has 0 saturated heterocycles. The lowest BCUT2D eigenvalue weighted by Crippen LogP contribution is -1.90.